The van der Waals surface area contributed by atoms with E-state index >= 15 is 0 Å². The Bertz CT molecular complexity index is 490. The maximum Gasteiger partial charge on any atom is 0.406 e. The topological polar surface area (TPSA) is 71.2 Å². The molecular weight excluding hydrogens is 309 g/mol. The molecule has 0 atom stereocenters. The summed E-state index contributed by atoms with van der Waals surface area (Å²) in [6, 6.07) is -0.418. The summed E-state index contributed by atoms with van der Waals surface area (Å²) in [5, 5.41) is 16.5. The molecule has 1 aromatic heterocycles. The molecule has 10 heteroatoms. The monoisotopic (exact) mass is 326 g/mol. The van der Waals surface area contributed by atoms with Crippen molar-refractivity contribution in [2.24, 2.45) is 0 Å². The maximum absolute atomic E-state index is 12.7. The summed E-state index contributed by atoms with van der Waals surface area (Å²) in [4.78, 5) is 11.7. The van der Waals surface area contributed by atoms with Crippen molar-refractivity contribution in [3.63, 3.8) is 0 Å². The average molecular weight is 326 g/mol. The first kappa shape index (κ1) is 17.6. The molecule has 0 spiro atoms. The summed E-state index contributed by atoms with van der Waals surface area (Å²) in [5.41, 5.74) is 0. The van der Waals surface area contributed by atoms with Gasteiger partial charge < -0.3 is 10.0 Å². The van der Waals surface area contributed by atoms with Gasteiger partial charge in [0.2, 0.25) is 5.95 Å². The highest BCUT2D eigenvalue weighted by atomic mass is 32.2. The normalized spacial score (nSPS) is 12.0. The van der Waals surface area contributed by atoms with Crippen molar-refractivity contribution in [3.05, 3.63) is 0 Å². The van der Waals surface area contributed by atoms with E-state index in [4.69, 9.17) is 5.11 Å². The minimum Gasteiger partial charge on any atom is -0.481 e. The molecule has 120 valence electrons. The zero-order valence-electron chi connectivity index (χ0n) is 11.9. The lowest BCUT2D eigenvalue weighted by atomic mass is 10.3. The van der Waals surface area contributed by atoms with Crippen molar-refractivity contribution in [2.45, 2.75) is 44.7 Å². The van der Waals surface area contributed by atoms with E-state index in [2.05, 4.69) is 10.2 Å². The summed E-state index contributed by atoms with van der Waals surface area (Å²) >= 11 is 0.930. The first-order valence-corrected chi connectivity index (χ1v) is 7.25. The van der Waals surface area contributed by atoms with Crippen molar-refractivity contribution in [2.75, 3.05) is 17.2 Å². The summed E-state index contributed by atoms with van der Waals surface area (Å²) in [5.74, 6) is -1.15. The van der Waals surface area contributed by atoms with Crippen LogP contribution in [0.15, 0.2) is 5.16 Å². The van der Waals surface area contributed by atoms with Gasteiger partial charge in [-0.2, -0.15) is 13.2 Å². The molecule has 1 heterocycles. The van der Waals surface area contributed by atoms with Crippen molar-refractivity contribution in [1.82, 2.24) is 14.8 Å². The van der Waals surface area contributed by atoms with Crippen LogP contribution in [0.3, 0.4) is 0 Å². The molecule has 1 aromatic rings. The van der Waals surface area contributed by atoms with Crippen LogP contribution < -0.4 is 4.90 Å². The molecule has 0 radical (unpaired) electrons. The smallest absolute Gasteiger partial charge is 0.406 e. The number of aromatic nitrogens is 3. The fraction of sp³-hybridized carbons (Fsp3) is 0.727. The lowest BCUT2D eigenvalue weighted by Gasteiger charge is -2.28. The Morgan fingerprint density at radius 2 is 2.05 bits per heavy atom. The standard InChI is InChI=1S/C11H17F3N4O2S/c1-4-17-9(15-16-10(17)21-5-8(19)20)18(7(2)3)6-11(12,13)14/h7H,4-6H2,1-3H3,(H,19,20). The van der Waals surface area contributed by atoms with E-state index in [1.54, 1.807) is 20.8 Å². The number of nitrogens with zero attached hydrogens (tertiary/aromatic N) is 4. The van der Waals surface area contributed by atoms with Crippen LogP contribution in [0.2, 0.25) is 0 Å². The third-order valence-corrected chi connectivity index (χ3v) is 3.52. The minimum absolute atomic E-state index is 0.0951. The number of carboxylic acids is 1. The van der Waals surface area contributed by atoms with Crippen LogP contribution in [0.25, 0.3) is 0 Å². The molecule has 21 heavy (non-hydrogen) atoms. The molecule has 0 aliphatic heterocycles. The highest BCUT2D eigenvalue weighted by Crippen LogP contribution is 2.26. The van der Waals surface area contributed by atoms with Gasteiger partial charge in [0, 0.05) is 12.6 Å². The zero-order chi connectivity index (χ0) is 16.2. The summed E-state index contributed by atoms with van der Waals surface area (Å²) < 4.78 is 39.5. The maximum atomic E-state index is 12.7. The predicted octanol–water partition coefficient (Wildman–Crippen LogP) is 2.25. The summed E-state index contributed by atoms with van der Waals surface area (Å²) in [7, 11) is 0. The Labute approximate surface area is 124 Å². The highest BCUT2D eigenvalue weighted by Gasteiger charge is 2.34. The van der Waals surface area contributed by atoms with E-state index in [-0.39, 0.29) is 11.7 Å². The van der Waals surface area contributed by atoms with Gasteiger partial charge >= 0.3 is 12.1 Å². The van der Waals surface area contributed by atoms with Crippen molar-refractivity contribution in [3.8, 4) is 0 Å². The number of carboxylic acid groups (broad SMARTS) is 1. The number of hydrogen-bond donors (Lipinski definition) is 1. The Morgan fingerprint density at radius 1 is 1.43 bits per heavy atom. The van der Waals surface area contributed by atoms with E-state index in [9.17, 15) is 18.0 Å². The minimum atomic E-state index is -4.36. The predicted molar refractivity (Wildman–Crippen MR) is 72.6 cm³/mol. The van der Waals surface area contributed by atoms with Gasteiger partial charge in [-0.05, 0) is 20.8 Å². The van der Waals surface area contributed by atoms with Crippen LogP contribution in [0.1, 0.15) is 20.8 Å². The first-order chi connectivity index (χ1) is 9.65. The number of halogens is 3. The van der Waals surface area contributed by atoms with Gasteiger partial charge in [0.1, 0.15) is 6.54 Å². The SMILES string of the molecule is CCn1c(SCC(=O)O)nnc1N(CC(F)(F)F)C(C)C. The van der Waals surface area contributed by atoms with Gasteiger partial charge in [0.05, 0.1) is 5.75 Å². The third-order valence-electron chi connectivity index (χ3n) is 2.57. The fourth-order valence-corrected chi connectivity index (χ4v) is 2.40. The first-order valence-electron chi connectivity index (χ1n) is 6.27. The Balaban J connectivity index is 3.06. The Kier molecular flexibility index (Phi) is 5.87. The zero-order valence-corrected chi connectivity index (χ0v) is 12.7. The Hall–Kier alpha value is -1.45. The van der Waals surface area contributed by atoms with E-state index < -0.39 is 24.7 Å². The van der Waals surface area contributed by atoms with Crippen LogP contribution in [0.4, 0.5) is 19.1 Å². The molecular formula is C11H17F3N4O2S. The van der Waals surface area contributed by atoms with Gasteiger partial charge in [0.15, 0.2) is 5.16 Å². The molecule has 0 amide bonds. The number of carbonyl (C=O) groups is 1. The van der Waals surface area contributed by atoms with E-state index in [1.807, 2.05) is 0 Å². The molecule has 0 aliphatic carbocycles. The van der Waals surface area contributed by atoms with Gasteiger partial charge in [0.25, 0.3) is 0 Å². The van der Waals surface area contributed by atoms with Gasteiger partial charge in [-0.3, -0.25) is 9.36 Å². The number of rotatable bonds is 7. The number of alkyl halides is 3. The summed E-state index contributed by atoms with van der Waals surface area (Å²) in [6.45, 7) is 4.22. The molecule has 0 saturated heterocycles. The van der Waals surface area contributed by atoms with E-state index in [0.717, 1.165) is 16.7 Å². The second kappa shape index (κ2) is 7.01. The second-order valence-electron chi connectivity index (χ2n) is 4.55. The molecule has 1 N–H and O–H groups in total. The van der Waals surface area contributed by atoms with Crippen molar-refractivity contribution < 1.29 is 23.1 Å². The molecule has 0 fully saturated rings. The highest BCUT2D eigenvalue weighted by molar-refractivity contribution is 7.99. The van der Waals surface area contributed by atoms with E-state index in [0.29, 0.717) is 11.7 Å². The number of anilines is 1. The molecule has 0 bridgehead atoms. The van der Waals surface area contributed by atoms with Crippen molar-refractivity contribution in [1.29, 1.82) is 0 Å². The number of aliphatic carboxylic acids is 1. The molecule has 1 rings (SSSR count). The summed E-state index contributed by atoms with van der Waals surface area (Å²) in [6.07, 6.45) is -4.36. The van der Waals surface area contributed by atoms with E-state index in [1.165, 1.54) is 4.57 Å². The fourth-order valence-electron chi connectivity index (χ4n) is 1.68. The number of hydrogen-bond acceptors (Lipinski definition) is 5. The van der Waals surface area contributed by atoms with Gasteiger partial charge in [-0.1, -0.05) is 11.8 Å². The molecule has 0 unspecified atom stereocenters. The number of thioether (sulfide) groups is 1. The lowest BCUT2D eigenvalue weighted by Crippen LogP contribution is -2.40. The average Bonchev–Trinajstić information content (AvgIpc) is 2.74. The van der Waals surface area contributed by atoms with Gasteiger partial charge in [-0.15, -0.1) is 10.2 Å². The van der Waals surface area contributed by atoms with Crippen LogP contribution in [-0.2, 0) is 11.3 Å². The molecule has 0 saturated carbocycles. The van der Waals surface area contributed by atoms with Crippen LogP contribution in [0, 0.1) is 0 Å². The quantitative estimate of drug-likeness (QED) is 0.775. The van der Waals surface area contributed by atoms with Gasteiger partial charge in [-0.25, -0.2) is 0 Å². The van der Waals surface area contributed by atoms with Crippen LogP contribution in [0.5, 0.6) is 0 Å². The molecule has 6 nitrogen and oxygen atoms in total. The third kappa shape index (κ3) is 5.10. The largest absolute Gasteiger partial charge is 0.481 e. The lowest BCUT2D eigenvalue weighted by molar-refractivity contribution is -0.134. The van der Waals surface area contributed by atoms with Crippen LogP contribution >= 0.6 is 11.8 Å². The van der Waals surface area contributed by atoms with Crippen LogP contribution in [-0.4, -0.2) is 50.4 Å². The molecule has 0 aromatic carbocycles. The second-order valence-corrected chi connectivity index (χ2v) is 5.49. The van der Waals surface area contributed by atoms with Crippen molar-refractivity contribution >= 4 is 23.7 Å². The molecule has 0 aliphatic rings. The Morgan fingerprint density at radius 3 is 2.48 bits per heavy atom.